The van der Waals surface area contributed by atoms with Gasteiger partial charge in [0.05, 0.1) is 0 Å². The molecule has 0 fully saturated rings. The van der Waals surface area contributed by atoms with Gasteiger partial charge in [-0.05, 0) is 44.5 Å². The van der Waals surface area contributed by atoms with E-state index in [1.54, 1.807) is 0 Å². The van der Waals surface area contributed by atoms with E-state index in [9.17, 15) is 9.90 Å². The van der Waals surface area contributed by atoms with Gasteiger partial charge in [0.1, 0.15) is 6.61 Å². The summed E-state index contributed by atoms with van der Waals surface area (Å²) in [4.78, 5) is 13.1. The number of fused-ring (bicyclic) bond motifs is 6. The van der Waals surface area contributed by atoms with Crippen LogP contribution in [0.15, 0.2) is 97.1 Å². The van der Waals surface area contributed by atoms with Gasteiger partial charge in [-0.1, -0.05) is 97.1 Å². The van der Waals surface area contributed by atoms with Gasteiger partial charge in [0.15, 0.2) is 6.10 Å². The minimum atomic E-state index is -1.26. The lowest BCUT2D eigenvalue weighted by Crippen LogP contribution is -2.30. The van der Waals surface area contributed by atoms with Crippen molar-refractivity contribution in [3.63, 3.8) is 0 Å². The van der Waals surface area contributed by atoms with Gasteiger partial charge in [-0.3, -0.25) is 0 Å². The van der Waals surface area contributed by atoms with E-state index in [2.05, 4.69) is 24.3 Å². The van der Waals surface area contributed by atoms with Crippen LogP contribution in [0.5, 0.6) is 0 Å². The summed E-state index contributed by atoms with van der Waals surface area (Å²) in [5.41, 5.74) is 8.76. The molecule has 1 unspecified atom stereocenters. The van der Waals surface area contributed by atoms with Crippen LogP contribution in [-0.4, -0.2) is 23.8 Å². The van der Waals surface area contributed by atoms with Crippen molar-refractivity contribution in [2.75, 3.05) is 6.61 Å². The van der Waals surface area contributed by atoms with E-state index in [4.69, 9.17) is 4.74 Å². The van der Waals surface area contributed by atoms with Gasteiger partial charge < -0.3 is 9.84 Å². The summed E-state index contributed by atoms with van der Waals surface area (Å²) in [7, 11) is 0. The Balaban J connectivity index is 1.27. The highest BCUT2D eigenvalue weighted by molar-refractivity contribution is 5.85. The minimum Gasteiger partial charge on any atom is -0.463 e. The molecule has 1 atom stereocenters. The first-order valence-electron chi connectivity index (χ1n) is 10.9. The van der Waals surface area contributed by atoms with Crippen LogP contribution in [0, 0.1) is 0 Å². The molecule has 0 spiro atoms. The van der Waals surface area contributed by atoms with E-state index in [1.165, 1.54) is 11.1 Å². The lowest BCUT2D eigenvalue weighted by molar-refractivity contribution is -0.154. The molecular formula is C29H22O3. The zero-order chi connectivity index (χ0) is 21.7. The Morgan fingerprint density at radius 3 is 1.50 bits per heavy atom. The Hall–Kier alpha value is -3.69. The topological polar surface area (TPSA) is 46.5 Å². The summed E-state index contributed by atoms with van der Waals surface area (Å²) in [5, 5.41) is 11.1. The fourth-order valence-corrected chi connectivity index (χ4v) is 5.36. The number of carbonyl (C=O) groups excluding carboxylic acids is 1. The summed E-state index contributed by atoms with van der Waals surface area (Å²) in [6.45, 7) is 0.208. The lowest BCUT2D eigenvalue weighted by Gasteiger charge is -2.21. The van der Waals surface area contributed by atoms with Gasteiger partial charge in [-0.2, -0.15) is 0 Å². The van der Waals surface area contributed by atoms with Crippen LogP contribution in [0.25, 0.3) is 22.3 Å². The molecule has 32 heavy (non-hydrogen) atoms. The summed E-state index contributed by atoms with van der Waals surface area (Å²) in [5.74, 6) is -1.02. The molecule has 0 saturated carbocycles. The molecule has 4 aromatic carbocycles. The highest BCUT2D eigenvalue weighted by atomic mass is 16.5. The monoisotopic (exact) mass is 418 g/mol. The van der Waals surface area contributed by atoms with Gasteiger partial charge in [0, 0.05) is 11.8 Å². The second-order valence-electron chi connectivity index (χ2n) is 8.45. The van der Waals surface area contributed by atoms with E-state index >= 15 is 0 Å². The maximum Gasteiger partial charge on any atom is 0.335 e. The fourth-order valence-electron chi connectivity index (χ4n) is 5.36. The molecule has 0 aliphatic heterocycles. The Morgan fingerprint density at radius 1 is 0.656 bits per heavy atom. The molecule has 3 heteroatoms. The molecule has 3 nitrogen and oxygen atoms in total. The van der Waals surface area contributed by atoms with Crippen molar-refractivity contribution in [2.24, 2.45) is 0 Å². The summed E-state index contributed by atoms with van der Waals surface area (Å²) in [6.07, 6.45) is -1.26. The average Bonchev–Trinajstić information content (AvgIpc) is 3.35. The van der Waals surface area contributed by atoms with E-state index in [-0.39, 0.29) is 12.5 Å². The first-order valence-corrected chi connectivity index (χ1v) is 10.9. The zero-order valence-electron chi connectivity index (χ0n) is 17.4. The van der Waals surface area contributed by atoms with E-state index in [0.29, 0.717) is 0 Å². The van der Waals surface area contributed by atoms with Crippen molar-refractivity contribution >= 4 is 5.97 Å². The molecule has 6 rings (SSSR count). The third-order valence-corrected chi connectivity index (χ3v) is 6.79. The van der Waals surface area contributed by atoms with Gasteiger partial charge in [0.25, 0.3) is 0 Å². The predicted molar refractivity (Wildman–Crippen MR) is 124 cm³/mol. The molecule has 0 heterocycles. The SMILES string of the molecule is O=C(OCC1c2ccccc2-c2ccccc21)C(O)C1c2ccccc2-c2ccccc21. The molecule has 0 bridgehead atoms. The number of aliphatic hydroxyl groups is 1. The smallest absolute Gasteiger partial charge is 0.335 e. The third-order valence-electron chi connectivity index (χ3n) is 6.79. The van der Waals surface area contributed by atoms with Crippen LogP contribution < -0.4 is 0 Å². The first kappa shape index (κ1) is 19.0. The number of carbonyl (C=O) groups is 1. The Bertz CT molecular complexity index is 1250. The number of ether oxygens (including phenoxy) is 1. The van der Waals surface area contributed by atoms with Crippen LogP contribution in [-0.2, 0) is 9.53 Å². The fraction of sp³-hybridized carbons (Fsp3) is 0.138. The van der Waals surface area contributed by atoms with Crippen molar-refractivity contribution in [3.05, 3.63) is 119 Å². The number of benzene rings is 4. The Kier molecular flexibility index (Phi) is 4.44. The van der Waals surface area contributed by atoms with Gasteiger partial charge >= 0.3 is 5.97 Å². The van der Waals surface area contributed by atoms with Gasteiger partial charge in [-0.15, -0.1) is 0 Å². The third kappa shape index (κ3) is 2.82. The number of rotatable bonds is 4. The van der Waals surface area contributed by atoms with Crippen LogP contribution >= 0.6 is 0 Å². The molecule has 0 radical (unpaired) electrons. The highest BCUT2D eigenvalue weighted by Crippen LogP contribution is 2.47. The molecule has 156 valence electrons. The van der Waals surface area contributed by atoms with E-state index < -0.39 is 18.0 Å². The van der Waals surface area contributed by atoms with Crippen LogP contribution in [0.2, 0.25) is 0 Å². The largest absolute Gasteiger partial charge is 0.463 e. The quantitative estimate of drug-likeness (QED) is 0.444. The Morgan fingerprint density at radius 2 is 1.03 bits per heavy atom. The second kappa shape index (κ2) is 7.47. The standard InChI is InChI=1S/C29H22O3/c30-28(27-24-15-7-5-11-20(24)21-12-6-8-16-25(21)27)29(31)32-17-26-22-13-3-1-9-18(22)19-10-2-4-14-23(19)26/h1-16,26-28,30H,17H2. The van der Waals surface area contributed by atoms with Crippen molar-refractivity contribution in [3.8, 4) is 22.3 Å². The van der Waals surface area contributed by atoms with E-state index in [0.717, 1.165) is 33.4 Å². The number of esters is 1. The van der Waals surface area contributed by atoms with Crippen LogP contribution in [0.3, 0.4) is 0 Å². The molecule has 0 amide bonds. The van der Waals surface area contributed by atoms with Crippen molar-refractivity contribution in [1.82, 2.24) is 0 Å². The Labute approximate surface area is 186 Å². The maximum absolute atomic E-state index is 13.1. The molecule has 0 saturated heterocycles. The minimum absolute atomic E-state index is 0.0262. The normalized spacial score (nSPS) is 14.9. The van der Waals surface area contributed by atoms with Crippen molar-refractivity contribution in [2.45, 2.75) is 17.9 Å². The van der Waals surface area contributed by atoms with Crippen molar-refractivity contribution in [1.29, 1.82) is 0 Å². The van der Waals surface area contributed by atoms with E-state index in [1.807, 2.05) is 72.8 Å². The van der Waals surface area contributed by atoms with Crippen LogP contribution in [0.4, 0.5) is 0 Å². The molecular weight excluding hydrogens is 396 g/mol. The van der Waals surface area contributed by atoms with Crippen LogP contribution in [0.1, 0.15) is 34.1 Å². The molecule has 2 aliphatic rings. The number of hydrogen-bond donors (Lipinski definition) is 1. The molecule has 0 aromatic heterocycles. The zero-order valence-corrected chi connectivity index (χ0v) is 17.4. The first-order chi connectivity index (χ1) is 15.7. The predicted octanol–water partition coefficient (Wildman–Crippen LogP) is 5.52. The highest BCUT2D eigenvalue weighted by Gasteiger charge is 2.38. The van der Waals surface area contributed by atoms with Gasteiger partial charge in [0.2, 0.25) is 0 Å². The second-order valence-corrected chi connectivity index (χ2v) is 8.45. The lowest BCUT2D eigenvalue weighted by atomic mass is 9.91. The summed E-state index contributed by atoms with van der Waals surface area (Å²) >= 11 is 0. The average molecular weight is 418 g/mol. The van der Waals surface area contributed by atoms with Gasteiger partial charge in [-0.25, -0.2) is 4.79 Å². The molecule has 4 aromatic rings. The molecule has 2 aliphatic carbocycles. The number of aliphatic hydroxyl groups excluding tert-OH is 1. The molecule has 1 N–H and O–H groups in total. The van der Waals surface area contributed by atoms with Crippen molar-refractivity contribution < 1.29 is 14.6 Å². The number of hydrogen-bond acceptors (Lipinski definition) is 3. The maximum atomic E-state index is 13.1. The summed E-state index contributed by atoms with van der Waals surface area (Å²) < 4.78 is 5.75. The summed E-state index contributed by atoms with van der Waals surface area (Å²) in [6, 6.07) is 32.4.